The fraction of sp³-hybridized carbons (Fsp3) is 0. The van der Waals surface area contributed by atoms with Crippen LogP contribution in [0.5, 0.6) is 0 Å². The van der Waals surface area contributed by atoms with Gasteiger partial charge >= 0.3 is 9.28 Å². The first-order chi connectivity index (χ1) is 7.29. The number of hydrogen-bond donors (Lipinski definition) is 2. The zero-order valence-electron chi connectivity index (χ0n) is 8.17. The Morgan fingerprint density at radius 1 is 0.733 bits per heavy atom. The SMILES string of the molecule is O[SiH](O)c1ccccc1-c1ccccc1. The number of benzene rings is 2. The lowest BCUT2D eigenvalue weighted by molar-refractivity contribution is 0.426. The van der Waals surface area contributed by atoms with Gasteiger partial charge in [-0.25, -0.2) is 0 Å². The van der Waals surface area contributed by atoms with Gasteiger partial charge in [-0.15, -0.1) is 0 Å². The van der Waals surface area contributed by atoms with Crippen LogP contribution in [0.25, 0.3) is 11.1 Å². The second-order valence-electron chi connectivity index (χ2n) is 3.33. The van der Waals surface area contributed by atoms with Crippen molar-refractivity contribution in [2.24, 2.45) is 0 Å². The van der Waals surface area contributed by atoms with E-state index in [1.807, 2.05) is 48.5 Å². The number of rotatable bonds is 2. The zero-order valence-corrected chi connectivity index (χ0v) is 9.32. The average Bonchev–Trinajstić information content (AvgIpc) is 2.30. The third kappa shape index (κ3) is 2.15. The van der Waals surface area contributed by atoms with Crippen LogP contribution >= 0.6 is 0 Å². The zero-order chi connectivity index (χ0) is 10.7. The molecule has 0 saturated carbocycles. The summed E-state index contributed by atoms with van der Waals surface area (Å²) in [6.07, 6.45) is 0. The first kappa shape index (κ1) is 10.1. The molecule has 0 saturated heterocycles. The molecular weight excluding hydrogens is 204 g/mol. The molecule has 15 heavy (non-hydrogen) atoms. The molecule has 2 nitrogen and oxygen atoms in total. The van der Waals surface area contributed by atoms with E-state index in [0.717, 1.165) is 11.1 Å². The second-order valence-corrected chi connectivity index (χ2v) is 4.70. The molecule has 0 atom stereocenters. The van der Waals surface area contributed by atoms with Crippen LogP contribution in [0.1, 0.15) is 0 Å². The lowest BCUT2D eigenvalue weighted by Gasteiger charge is -2.09. The largest absolute Gasteiger partial charge is 0.410 e. The van der Waals surface area contributed by atoms with Crippen molar-refractivity contribution in [3.8, 4) is 11.1 Å². The maximum absolute atomic E-state index is 9.36. The quantitative estimate of drug-likeness (QED) is 0.728. The van der Waals surface area contributed by atoms with Gasteiger partial charge in [0.05, 0.1) is 0 Å². The van der Waals surface area contributed by atoms with E-state index >= 15 is 0 Å². The minimum atomic E-state index is -2.74. The van der Waals surface area contributed by atoms with Crippen LogP contribution < -0.4 is 5.19 Å². The Morgan fingerprint density at radius 2 is 1.33 bits per heavy atom. The molecule has 0 amide bonds. The van der Waals surface area contributed by atoms with Crippen LogP contribution in [-0.4, -0.2) is 18.9 Å². The summed E-state index contributed by atoms with van der Waals surface area (Å²) in [5.74, 6) is 0. The molecule has 0 aliphatic heterocycles. The molecule has 0 aliphatic rings. The van der Waals surface area contributed by atoms with Gasteiger partial charge in [-0.1, -0.05) is 54.6 Å². The van der Waals surface area contributed by atoms with E-state index in [2.05, 4.69) is 0 Å². The van der Waals surface area contributed by atoms with Crippen LogP contribution in [0.2, 0.25) is 0 Å². The van der Waals surface area contributed by atoms with E-state index in [1.54, 1.807) is 6.07 Å². The summed E-state index contributed by atoms with van der Waals surface area (Å²) in [4.78, 5) is 18.7. The van der Waals surface area contributed by atoms with E-state index in [9.17, 15) is 9.59 Å². The molecule has 76 valence electrons. The van der Waals surface area contributed by atoms with E-state index in [4.69, 9.17) is 0 Å². The first-order valence-electron chi connectivity index (χ1n) is 4.79. The first-order valence-corrected chi connectivity index (χ1v) is 6.40. The van der Waals surface area contributed by atoms with Gasteiger partial charge in [0.2, 0.25) is 0 Å². The third-order valence-electron chi connectivity index (χ3n) is 2.32. The maximum atomic E-state index is 9.36. The van der Waals surface area contributed by atoms with Crippen molar-refractivity contribution in [3.05, 3.63) is 54.6 Å². The Labute approximate surface area is 90.3 Å². The fourth-order valence-corrected chi connectivity index (χ4v) is 2.43. The van der Waals surface area contributed by atoms with Crippen molar-refractivity contribution < 1.29 is 9.59 Å². The topological polar surface area (TPSA) is 40.5 Å². The van der Waals surface area contributed by atoms with Crippen molar-refractivity contribution in [2.75, 3.05) is 0 Å². The monoisotopic (exact) mass is 216 g/mol. The molecule has 0 aromatic heterocycles. The van der Waals surface area contributed by atoms with E-state index in [1.165, 1.54) is 0 Å². The summed E-state index contributed by atoms with van der Waals surface area (Å²) >= 11 is 0. The maximum Gasteiger partial charge on any atom is 0.351 e. The van der Waals surface area contributed by atoms with Gasteiger partial charge in [0.25, 0.3) is 0 Å². The van der Waals surface area contributed by atoms with E-state index < -0.39 is 9.28 Å². The normalized spacial score (nSPS) is 10.6. The molecule has 0 heterocycles. The molecular formula is C12H12O2Si. The molecule has 3 heteroatoms. The average molecular weight is 216 g/mol. The van der Waals surface area contributed by atoms with Gasteiger partial charge in [-0.2, -0.15) is 0 Å². The summed E-state index contributed by atoms with van der Waals surface area (Å²) in [6, 6.07) is 17.2. The van der Waals surface area contributed by atoms with Gasteiger partial charge in [0.15, 0.2) is 0 Å². The predicted octanol–water partition coefficient (Wildman–Crippen LogP) is 0.766. The van der Waals surface area contributed by atoms with Gasteiger partial charge in [-0.3, -0.25) is 0 Å². The highest BCUT2D eigenvalue weighted by Gasteiger charge is 2.12. The molecule has 2 N–H and O–H groups in total. The van der Waals surface area contributed by atoms with Crippen molar-refractivity contribution in [3.63, 3.8) is 0 Å². The van der Waals surface area contributed by atoms with Crippen molar-refractivity contribution in [2.45, 2.75) is 0 Å². The van der Waals surface area contributed by atoms with Gasteiger partial charge in [0.1, 0.15) is 0 Å². The summed E-state index contributed by atoms with van der Waals surface area (Å²) in [7, 11) is -2.74. The Balaban J connectivity index is 2.53. The fourth-order valence-electron chi connectivity index (χ4n) is 1.60. The smallest absolute Gasteiger partial charge is 0.351 e. The van der Waals surface area contributed by atoms with Crippen molar-refractivity contribution >= 4 is 14.5 Å². The third-order valence-corrected chi connectivity index (χ3v) is 3.38. The lowest BCUT2D eigenvalue weighted by Crippen LogP contribution is -2.31. The van der Waals surface area contributed by atoms with Crippen LogP contribution in [0.4, 0.5) is 0 Å². The molecule has 2 rings (SSSR count). The predicted molar refractivity (Wildman–Crippen MR) is 63.1 cm³/mol. The summed E-state index contributed by atoms with van der Waals surface area (Å²) in [6.45, 7) is 0. The highest BCUT2D eigenvalue weighted by Crippen LogP contribution is 2.16. The molecule has 0 aliphatic carbocycles. The van der Waals surface area contributed by atoms with Crippen molar-refractivity contribution in [1.82, 2.24) is 0 Å². The molecule has 0 bridgehead atoms. The molecule has 0 fully saturated rings. The van der Waals surface area contributed by atoms with Gasteiger partial charge in [-0.05, 0) is 16.3 Å². The standard InChI is InChI=1S/C12H12O2Si/c13-15(14)12-9-5-4-8-11(12)10-6-2-1-3-7-10/h1-9,13-15H. The minimum Gasteiger partial charge on any atom is -0.410 e. The van der Waals surface area contributed by atoms with Gasteiger partial charge < -0.3 is 9.59 Å². The summed E-state index contributed by atoms with van der Waals surface area (Å²) in [5.41, 5.74) is 1.94. The Bertz CT molecular complexity index is 440. The number of hydrogen-bond acceptors (Lipinski definition) is 2. The molecule has 2 aromatic rings. The van der Waals surface area contributed by atoms with Crippen LogP contribution in [0.3, 0.4) is 0 Å². The second kappa shape index (κ2) is 4.40. The molecule has 0 radical (unpaired) electrons. The molecule has 2 aromatic carbocycles. The molecule has 0 spiro atoms. The van der Waals surface area contributed by atoms with Crippen LogP contribution in [-0.2, 0) is 0 Å². The van der Waals surface area contributed by atoms with Crippen molar-refractivity contribution in [1.29, 1.82) is 0 Å². The van der Waals surface area contributed by atoms with Gasteiger partial charge in [0, 0.05) is 0 Å². The highest BCUT2D eigenvalue weighted by molar-refractivity contribution is 6.60. The highest BCUT2D eigenvalue weighted by atomic mass is 28.3. The van der Waals surface area contributed by atoms with E-state index in [0.29, 0.717) is 5.19 Å². The Hall–Kier alpha value is -1.42. The minimum absolute atomic E-state index is 0.670. The summed E-state index contributed by atoms with van der Waals surface area (Å²) < 4.78 is 0. The van der Waals surface area contributed by atoms with Crippen LogP contribution in [0, 0.1) is 0 Å². The Kier molecular flexibility index (Phi) is 2.96. The molecule has 0 unspecified atom stereocenters. The Morgan fingerprint density at radius 3 is 2.00 bits per heavy atom. The van der Waals surface area contributed by atoms with E-state index in [-0.39, 0.29) is 0 Å². The summed E-state index contributed by atoms with van der Waals surface area (Å²) in [5, 5.41) is 0.670. The van der Waals surface area contributed by atoms with Crippen LogP contribution in [0.15, 0.2) is 54.6 Å². The lowest BCUT2D eigenvalue weighted by atomic mass is 10.1.